The monoisotopic (exact) mass is 196 g/mol. The summed E-state index contributed by atoms with van der Waals surface area (Å²) in [6.45, 7) is 6.81. The van der Waals surface area contributed by atoms with Gasteiger partial charge in [-0.25, -0.2) is 0 Å². The highest BCUT2D eigenvalue weighted by Crippen LogP contribution is 2.66. The Hall–Kier alpha value is -0.530. The molecule has 3 atom stereocenters. The van der Waals surface area contributed by atoms with Gasteiger partial charge in [0.2, 0.25) is 0 Å². The summed E-state index contributed by atoms with van der Waals surface area (Å²) in [5, 5.41) is 8.95. The summed E-state index contributed by atoms with van der Waals surface area (Å²) < 4.78 is 0. The lowest BCUT2D eigenvalue weighted by molar-refractivity contribution is -0.140. The van der Waals surface area contributed by atoms with Crippen molar-refractivity contribution in [2.45, 2.75) is 46.5 Å². The van der Waals surface area contributed by atoms with Crippen LogP contribution in [0, 0.1) is 22.7 Å². The predicted molar refractivity (Wildman–Crippen MR) is 55.0 cm³/mol. The maximum absolute atomic E-state index is 10.9. The summed E-state index contributed by atoms with van der Waals surface area (Å²) in [5.41, 5.74) is 0.554. The van der Waals surface area contributed by atoms with E-state index in [1.165, 1.54) is 19.3 Å². The van der Waals surface area contributed by atoms with E-state index in [0.717, 1.165) is 5.92 Å². The number of hydrogen-bond acceptors (Lipinski definition) is 1. The molecule has 0 aliphatic heterocycles. The Labute approximate surface area is 85.7 Å². The zero-order valence-electron chi connectivity index (χ0n) is 9.34. The smallest absolute Gasteiger partial charge is 0.303 e. The van der Waals surface area contributed by atoms with Gasteiger partial charge in [-0.15, -0.1) is 0 Å². The topological polar surface area (TPSA) is 37.3 Å². The lowest BCUT2D eigenvalue weighted by atomic mass is 9.63. The van der Waals surface area contributed by atoms with E-state index in [4.69, 9.17) is 5.11 Å². The molecule has 2 aliphatic rings. The second-order valence-electron chi connectivity index (χ2n) is 6.07. The predicted octanol–water partition coefficient (Wildman–Crippen LogP) is 2.92. The Balaban J connectivity index is 2.25. The number of hydrogen-bond donors (Lipinski definition) is 1. The number of carboxylic acid groups (broad SMARTS) is 1. The third kappa shape index (κ3) is 1.19. The van der Waals surface area contributed by atoms with Gasteiger partial charge in [0.15, 0.2) is 0 Å². The van der Waals surface area contributed by atoms with Gasteiger partial charge in [0.05, 0.1) is 0 Å². The number of aliphatic carboxylic acids is 1. The van der Waals surface area contributed by atoms with Gasteiger partial charge in [0.25, 0.3) is 0 Å². The SMILES string of the molecule is CC12CCC(C1)C(C)(C)C2CC(=O)O. The third-order valence-electron chi connectivity index (χ3n) is 4.95. The molecule has 80 valence electrons. The normalized spacial score (nSPS) is 44.2. The summed E-state index contributed by atoms with van der Waals surface area (Å²) in [7, 11) is 0. The number of fused-ring (bicyclic) bond motifs is 2. The molecule has 0 heterocycles. The first-order chi connectivity index (χ1) is 6.36. The van der Waals surface area contributed by atoms with Crippen LogP contribution >= 0.6 is 0 Å². The minimum atomic E-state index is -0.628. The van der Waals surface area contributed by atoms with Crippen LogP contribution in [0.2, 0.25) is 0 Å². The molecule has 3 unspecified atom stereocenters. The fourth-order valence-corrected chi connectivity index (χ4v) is 4.09. The second kappa shape index (κ2) is 2.74. The van der Waals surface area contributed by atoms with Crippen molar-refractivity contribution in [2.75, 3.05) is 0 Å². The number of carboxylic acids is 1. The zero-order chi connectivity index (χ0) is 10.6. The summed E-state index contributed by atoms with van der Waals surface area (Å²) >= 11 is 0. The first kappa shape index (κ1) is 10.0. The first-order valence-corrected chi connectivity index (χ1v) is 5.58. The van der Waals surface area contributed by atoms with E-state index in [9.17, 15) is 4.79 Å². The van der Waals surface area contributed by atoms with E-state index < -0.39 is 5.97 Å². The largest absolute Gasteiger partial charge is 0.481 e. The Morgan fingerprint density at radius 2 is 2.07 bits per heavy atom. The van der Waals surface area contributed by atoms with E-state index in [-0.39, 0.29) is 5.41 Å². The molecular formula is C12H20O2. The fraction of sp³-hybridized carbons (Fsp3) is 0.917. The van der Waals surface area contributed by atoms with E-state index in [1.54, 1.807) is 0 Å². The molecule has 14 heavy (non-hydrogen) atoms. The van der Waals surface area contributed by atoms with Gasteiger partial charge >= 0.3 is 5.97 Å². The van der Waals surface area contributed by atoms with Crippen molar-refractivity contribution < 1.29 is 9.90 Å². The van der Waals surface area contributed by atoms with Crippen LogP contribution < -0.4 is 0 Å². The van der Waals surface area contributed by atoms with Crippen LogP contribution in [-0.2, 0) is 4.79 Å². The minimum Gasteiger partial charge on any atom is -0.481 e. The molecule has 0 aromatic carbocycles. The molecule has 0 aromatic rings. The van der Waals surface area contributed by atoms with Crippen LogP contribution in [-0.4, -0.2) is 11.1 Å². The highest BCUT2D eigenvalue weighted by Gasteiger charge is 2.59. The summed E-state index contributed by atoms with van der Waals surface area (Å²) in [4.78, 5) is 10.9. The first-order valence-electron chi connectivity index (χ1n) is 5.58. The van der Waals surface area contributed by atoms with Gasteiger partial charge in [0.1, 0.15) is 0 Å². The van der Waals surface area contributed by atoms with Crippen molar-refractivity contribution in [3.05, 3.63) is 0 Å². The molecule has 2 fully saturated rings. The minimum absolute atomic E-state index is 0.241. The molecule has 0 amide bonds. The van der Waals surface area contributed by atoms with Gasteiger partial charge in [0, 0.05) is 6.42 Å². The highest BCUT2D eigenvalue weighted by atomic mass is 16.4. The third-order valence-corrected chi connectivity index (χ3v) is 4.95. The van der Waals surface area contributed by atoms with Crippen molar-refractivity contribution in [1.82, 2.24) is 0 Å². The molecular weight excluding hydrogens is 176 g/mol. The Morgan fingerprint density at radius 1 is 1.43 bits per heavy atom. The molecule has 0 spiro atoms. The Kier molecular flexibility index (Phi) is 1.96. The van der Waals surface area contributed by atoms with Crippen LogP contribution in [0.3, 0.4) is 0 Å². The van der Waals surface area contributed by atoms with Crippen LogP contribution in [0.4, 0.5) is 0 Å². The zero-order valence-corrected chi connectivity index (χ0v) is 9.34. The molecule has 0 radical (unpaired) electrons. The van der Waals surface area contributed by atoms with Crippen LogP contribution in [0.15, 0.2) is 0 Å². The summed E-state index contributed by atoms with van der Waals surface area (Å²) in [6.07, 6.45) is 4.15. The standard InChI is InChI=1S/C12H20O2/c1-11(2)8-4-5-12(3,7-8)9(11)6-10(13)14/h8-9H,4-7H2,1-3H3,(H,13,14). The van der Waals surface area contributed by atoms with Gasteiger partial charge in [-0.2, -0.15) is 0 Å². The maximum Gasteiger partial charge on any atom is 0.303 e. The lowest BCUT2D eigenvalue weighted by Gasteiger charge is -2.42. The van der Waals surface area contributed by atoms with Crippen LogP contribution in [0.25, 0.3) is 0 Å². The van der Waals surface area contributed by atoms with E-state index in [2.05, 4.69) is 20.8 Å². The molecule has 0 saturated heterocycles. The van der Waals surface area contributed by atoms with Gasteiger partial charge in [-0.3, -0.25) is 4.79 Å². The fourth-order valence-electron chi connectivity index (χ4n) is 4.09. The maximum atomic E-state index is 10.9. The molecule has 1 N–H and O–H groups in total. The Morgan fingerprint density at radius 3 is 2.50 bits per heavy atom. The van der Waals surface area contributed by atoms with Gasteiger partial charge in [-0.1, -0.05) is 20.8 Å². The average molecular weight is 196 g/mol. The lowest BCUT2D eigenvalue weighted by Crippen LogP contribution is -2.36. The number of rotatable bonds is 2. The highest BCUT2D eigenvalue weighted by molar-refractivity contribution is 5.67. The van der Waals surface area contributed by atoms with Gasteiger partial charge < -0.3 is 5.11 Å². The van der Waals surface area contributed by atoms with Crippen molar-refractivity contribution in [2.24, 2.45) is 22.7 Å². The molecule has 2 rings (SSSR count). The summed E-state index contributed by atoms with van der Waals surface area (Å²) in [6, 6.07) is 0. The molecule has 2 saturated carbocycles. The molecule has 0 aromatic heterocycles. The van der Waals surface area contributed by atoms with Crippen LogP contribution in [0.1, 0.15) is 46.5 Å². The van der Waals surface area contributed by atoms with E-state index in [0.29, 0.717) is 17.8 Å². The van der Waals surface area contributed by atoms with Crippen molar-refractivity contribution in [3.8, 4) is 0 Å². The van der Waals surface area contributed by atoms with E-state index in [1.807, 2.05) is 0 Å². The Bertz CT molecular complexity index is 265. The van der Waals surface area contributed by atoms with E-state index >= 15 is 0 Å². The van der Waals surface area contributed by atoms with Crippen molar-refractivity contribution >= 4 is 5.97 Å². The molecule has 2 bridgehead atoms. The second-order valence-corrected chi connectivity index (χ2v) is 6.07. The number of carbonyl (C=O) groups is 1. The van der Waals surface area contributed by atoms with Crippen LogP contribution in [0.5, 0.6) is 0 Å². The van der Waals surface area contributed by atoms with Gasteiger partial charge in [-0.05, 0) is 41.9 Å². The van der Waals surface area contributed by atoms with Crippen molar-refractivity contribution in [3.63, 3.8) is 0 Å². The molecule has 2 nitrogen and oxygen atoms in total. The summed E-state index contributed by atoms with van der Waals surface area (Å²) in [5.74, 6) is 0.514. The quantitative estimate of drug-likeness (QED) is 0.737. The van der Waals surface area contributed by atoms with Crippen molar-refractivity contribution in [1.29, 1.82) is 0 Å². The molecule has 2 heteroatoms. The molecule has 2 aliphatic carbocycles. The average Bonchev–Trinajstić information content (AvgIpc) is 2.49.